The molecule has 0 saturated carbocycles. The molecule has 1 aromatic heterocycles. The van der Waals surface area contributed by atoms with E-state index >= 15 is 0 Å². The molecule has 3 heterocycles. The average molecular weight is 284 g/mol. The number of piperidine rings is 1. The van der Waals surface area contributed by atoms with Gasteiger partial charge < -0.3 is 5.32 Å². The van der Waals surface area contributed by atoms with Crippen LogP contribution >= 0.6 is 0 Å². The molecule has 0 radical (unpaired) electrons. The van der Waals surface area contributed by atoms with Crippen LogP contribution in [0, 0.1) is 0 Å². The van der Waals surface area contributed by atoms with Crippen molar-refractivity contribution in [2.75, 3.05) is 13.1 Å². The Morgan fingerprint density at radius 1 is 1.29 bits per heavy atom. The summed E-state index contributed by atoms with van der Waals surface area (Å²) >= 11 is 0. The number of hydrogen-bond acceptors (Lipinski definition) is 3. The number of aromatic amines is 1. The zero-order valence-electron chi connectivity index (χ0n) is 12.0. The Hall–Kier alpha value is -1.88. The van der Waals surface area contributed by atoms with Crippen molar-refractivity contribution in [1.82, 2.24) is 20.4 Å². The van der Waals surface area contributed by atoms with Gasteiger partial charge in [-0.3, -0.25) is 14.8 Å². The summed E-state index contributed by atoms with van der Waals surface area (Å²) in [5.41, 5.74) is 1.42. The van der Waals surface area contributed by atoms with Gasteiger partial charge in [0.2, 0.25) is 0 Å². The summed E-state index contributed by atoms with van der Waals surface area (Å²) in [6, 6.07) is 8.76. The molecule has 1 aromatic carbocycles. The third-order valence-electron chi connectivity index (χ3n) is 4.82. The van der Waals surface area contributed by atoms with Crippen molar-refractivity contribution in [2.24, 2.45) is 0 Å². The van der Waals surface area contributed by atoms with Gasteiger partial charge in [-0.15, -0.1) is 0 Å². The second-order valence-corrected chi connectivity index (χ2v) is 6.16. The number of H-pyrrole nitrogens is 1. The Bertz CT molecular complexity index is 665. The molecule has 1 amide bonds. The minimum atomic E-state index is -0.0601. The molecular formula is C16H20N4O. The fraction of sp³-hybridized carbons (Fsp3) is 0.500. The van der Waals surface area contributed by atoms with E-state index < -0.39 is 0 Å². The lowest BCUT2D eigenvalue weighted by molar-refractivity contribution is 0.0886. The van der Waals surface area contributed by atoms with Crippen molar-refractivity contribution in [2.45, 2.75) is 37.8 Å². The molecule has 2 unspecified atom stereocenters. The maximum atomic E-state index is 12.5. The van der Waals surface area contributed by atoms with Crippen LogP contribution < -0.4 is 5.32 Å². The third kappa shape index (κ3) is 2.31. The summed E-state index contributed by atoms with van der Waals surface area (Å²) in [6.45, 7) is 2.17. The van der Waals surface area contributed by atoms with E-state index in [1.54, 1.807) is 0 Å². The lowest BCUT2D eigenvalue weighted by atomic mass is 9.99. The van der Waals surface area contributed by atoms with Gasteiger partial charge in [-0.1, -0.05) is 18.2 Å². The highest BCUT2D eigenvalue weighted by molar-refractivity contribution is 6.04. The molecule has 2 saturated heterocycles. The lowest BCUT2D eigenvalue weighted by Crippen LogP contribution is -2.49. The Morgan fingerprint density at radius 2 is 2.19 bits per heavy atom. The van der Waals surface area contributed by atoms with Crippen LogP contribution in [0.15, 0.2) is 24.3 Å². The second-order valence-electron chi connectivity index (χ2n) is 6.16. The van der Waals surface area contributed by atoms with Gasteiger partial charge in [0, 0.05) is 24.0 Å². The molecule has 2 N–H and O–H groups in total. The number of fused-ring (bicyclic) bond motifs is 2. The first-order valence-corrected chi connectivity index (χ1v) is 7.79. The topological polar surface area (TPSA) is 61.0 Å². The van der Waals surface area contributed by atoms with Crippen LogP contribution in [0.4, 0.5) is 0 Å². The van der Waals surface area contributed by atoms with Crippen molar-refractivity contribution < 1.29 is 4.79 Å². The first kappa shape index (κ1) is 12.8. The number of amides is 1. The molecule has 2 fully saturated rings. The summed E-state index contributed by atoms with van der Waals surface area (Å²) in [7, 11) is 0. The summed E-state index contributed by atoms with van der Waals surface area (Å²) in [4.78, 5) is 15.0. The molecule has 5 nitrogen and oxygen atoms in total. The Kier molecular flexibility index (Phi) is 3.15. The number of nitrogens with zero attached hydrogens (tertiary/aromatic N) is 2. The average Bonchev–Trinajstić information content (AvgIpc) is 3.13. The van der Waals surface area contributed by atoms with E-state index in [1.165, 1.54) is 25.8 Å². The highest BCUT2D eigenvalue weighted by Gasteiger charge is 2.32. The second kappa shape index (κ2) is 5.15. The van der Waals surface area contributed by atoms with Crippen LogP contribution in [0.5, 0.6) is 0 Å². The van der Waals surface area contributed by atoms with Crippen LogP contribution in [0.3, 0.4) is 0 Å². The predicted octanol–water partition coefficient (Wildman–Crippen LogP) is 1.92. The molecular weight excluding hydrogens is 264 g/mol. The van der Waals surface area contributed by atoms with Crippen molar-refractivity contribution in [3.63, 3.8) is 0 Å². The first-order chi connectivity index (χ1) is 10.3. The van der Waals surface area contributed by atoms with Crippen molar-refractivity contribution in [3.05, 3.63) is 30.0 Å². The van der Waals surface area contributed by atoms with Gasteiger partial charge in [-0.05, 0) is 38.3 Å². The van der Waals surface area contributed by atoms with E-state index in [4.69, 9.17) is 0 Å². The highest BCUT2D eigenvalue weighted by atomic mass is 16.2. The number of hydrogen-bond donors (Lipinski definition) is 2. The van der Waals surface area contributed by atoms with Crippen molar-refractivity contribution in [3.8, 4) is 0 Å². The fourth-order valence-electron chi connectivity index (χ4n) is 3.74. The minimum Gasteiger partial charge on any atom is -0.347 e. The smallest absolute Gasteiger partial charge is 0.272 e. The molecule has 2 atom stereocenters. The Morgan fingerprint density at radius 3 is 3.14 bits per heavy atom. The first-order valence-electron chi connectivity index (χ1n) is 7.79. The molecule has 21 heavy (non-hydrogen) atoms. The molecule has 4 rings (SSSR count). The zero-order valence-corrected chi connectivity index (χ0v) is 12.0. The van der Waals surface area contributed by atoms with Gasteiger partial charge in [0.25, 0.3) is 5.91 Å². The molecule has 2 aliphatic rings. The number of para-hydroxylation sites is 1. The van der Waals surface area contributed by atoms with Crippen LogP contribution in [0.1, 0.15) is 36.2 Å². The molecule has 2 aromatic rings. The number of benzene rings is 1. The predicted molar refractivity (Wildman–Crippen MR) is 81.2 cm³/mol. The van der Waals surface area contributed by atoms with E-state index in [0.717, 1.165) is 29.9 Å². The van der Waals surface area contributed by atoms with Crippen LogP contribution in [-0.2, 0) is 0 Å². The normalized spacial score (nSPS) is 25.9. The molecule has 0 aliphatic carbocycles. The quantitative estimate of drug-likeness (QED) is 0.885. The monoisotopic (exact) mass is 284 g/mol. The molecule has 110 valence electrons. The van der Waals surface area contributed by atoms with Crippen LogP contribution in [0.2, 0.25) is 0 Å². The maximum absolute atomic E-state index is 12.5. The summed E-state index contributed by atoms with van der Waals surface area (Å²) in [5, 5.41) is 11.2. The molecule has 5 heteroatoms. The molecule has 2 aliphatic heterocycles. The fourth-order valence-corrected chi connectivity index (χ4v) is 3.74. The van der Waals surface area contributed by atoms with E-state index in [9.17, 15) is 4.79 Å². The number of nitrogens with one attached hydrogen (secondary N) is 2. The lowest BCUT2D eigenvalue weighted by Gasteiger charge is -2.35. The van der Waals surface area contributed by atoms with Crippen molar-refractivity contribution >= 4 is 16.8 Å². The molecule has 0 bridgehead atoms. The zero-order chi connectivity index (χ0) is 14.2. The maximum Gasteiger partial charge on any atom is 0.272 e. The summed E-state index contributed by atoms with van der Waals surface area (Å²) in [6.07, 6.45) is 4.90. The largest absolute Gasteiger partial charge is 0.347 e. The van der Waals surface area contributed by atoms with Gasteiger partial charge >= 0.3 is 0 Å². The van der Waals surface area contributed by atoms with Gasteiger partial charge in [0.05, 0.1) is 5.52 Å². The van der Waals surface area contributed by atoms with Gasteiger partial charge in [0.15, 0.2) is 5.69 Å². The molecule has 0 spiro atoms. The van der Waals surface area contributed by atoms with E-state index in [2.05, 4.69) is 20.4 Å². The summed E-state index contributed by atoms with van der Waals surface area (Å²) in [5.74, 6) is -0.0601. The van der Waals surface area contributed by atoms with Crippen LogP contribution in [0.25, 0.3) is 10.9 Å². The number of rotatable bonds is 2. The third-order valence-corrected chi connectivity index (χ3v) is 4.82. The van der Waals surface area contributed by atoms with E-state index in [-0.39, 0.29) is 11.9 Å². The number of carbonyl (C=O) groups is 1. The van der Waals surface area contributed by atoms with Gasteiger partial charge in [0.1, 0.15) is 0 Å². The van der Waals surface area contributed by atoms with E-state index in [0.29, 0.717) is 5.69 Å². The minimum absolute atomic E-state index is 0.0601. The standard InChI is InChI=1S/C16H20N4O/c21-16(15-13-5-1-2-6-14(13)18-19-15)17-11-7-8-12-4-3-9-20(12)10-11/h1-2,5-6,11-12H,3-4,7-10H2,(H,17,21)(H,18,19). The number of carbonyl (C=O) groups excluding carboxylic acids is 1. The van der Waals surface area contributed by atoms with Crippen LogP contribution in [-0.4, -0.2) is 46.2 Å². The highest BCUT2D eigenvalue weighted by Crippen LogP contribution is 2.27. The number of aromatic nitrogens is 2. The summed E-state index contributed by atoms with van der Waals surface area (Å²) < 4.78 is 0. The van der Waals surface area contributed by atoms with Crippen molar-refractivity contribution in [1.29, 1.82) is 0 Å². The Balaban J connectivity index is 1.48. The van der Waals surface area contributed by atoms with E-state index in [1.807, 2.05) is 24.3 Å². The van der Waals surface area contributed by atoms with Gasteiger partial charge in [-0.25, -0.2) is 0 Å². The Labute approximate surface area is 123 Å². The SMILES string of the molecule is O=C(NC1CCC2CCCN2C1)c1n[nH]c2ccccc12. The van der Waals surface area contributed by atoms with Gasteiger partial charge in [-0.2, -0.15) is 5.10 Å².